The topological polar surface area (TPSA) is 77.8 Å². The minimum atomic E-state index is -0.282. The molecule has 0 fully saturated rings. The van der Waals surface area contributed by atoms with E-state index in [0.29, 0.717) is 17.8 Å². The Labute approximate surface area is 74.4 Å². The van der Waals surface area contributed by atoms with Crippen LogP contribution in [0, 0.1) is 11.3 Å². The van der Waals surface area contributed by atoms with Crippen LogP contribution in [-0.2, 0) is 6.54 Å². The zero-order chi connectivity index (χ0) is 9.26. The fourth-order valence-corrected chi connectivity index (χ4v) is 1.20. The lowest BCUT2D eigenvalue weighted by Crippen LogP contribution is -2.33. The van der Waals surface area contributed by atoms with Crippen molar-refractivity contribution in [3.63, 3.8) is 0 Å². The summed E-state index contributed by atoms with van der Waals surface area (Å²) in [6.45, 7) is 0.420. The molecule has 2 heterocycles. The van der Waals surface area contributed by atoms with Crippen molar-refractivity contribution in [1.29, 1.82) is 5.26 Å². The van der Waals surface area contributed by atoms with E-state index in [-0.39, 0.29) is 6.03 Å². The average molecular weight is 174 g/mol. The molecule has 0 bridgehead atoms. The molecule has 2 N–H and O–H groups in total. The lowest BCUT2D eigenvalue weighted by Gasteiger charge is -2.18. The molecule has 0 saturated heterocycles. The van der Waals surface area contributed by atoms with Crippen molar-refractivity contribution in [2.75, 3.05) is 5.32 Å². The number of rotatable bonds is 0. The molecule has 1 aliphatic rings. The standard InChI is InChI=1S/C8H6N4O/c9-1-5-2-10-3-6-4-11-8(13)12-7(5)6/h2-3H,4H2,(H2,11,12,13). The van der Waals surface area contributed by atoms with Crippen molar-refractivity contribution < 1.29 is 4.79 Å². The van der Waals surface area contributed by atoms with Gasteiger partial charge in [-0.25, -0.2) is 4.79 Å². The molecule has 2 amide bonds. The van der Waals surface area contributed by atoms with Gasteiger partial charge in [0, 0.05) is 24.5 Å². The maximum absolute atomic E-state index is 10.9. The van der Waals surface area contributed by atoms with Gasteiger partial charge in [0.2, 0.25) is 0 Å². The minimum Gasteiger partial charge on any atom is -0.334 e. The summed E-state index contributed by atoms with van der Waals surface area (Å²) < 4.78 is 0. The number of fused-ring (bicyclic) bond motifs is 1. The van der Waals surface area contributed by atoms with Crippen LogP contribution in [0.4, 0.5) is 10.5 Å². The Hall–Kier alpha value is -2.09. The summed E-state index contributed by atoms with van der Waals surface area (Å²) >= 11 is 0. The van der Waals surface area contributed by atoms with Crippen molar-refractivity contribution in [1.82, 2.24) is 10.3 Å². The molecular formula is C8H6N4O. The van der Waals surface area contributed by atoms with Gasteiger partial charge in [-0.15, -0.1) is 0 Å². The van der Waals surface area contributed by atoms with E-state index in [2.05, 4.69) is 15.6 Å². The third-order valence-electron chi connectivity index (χ3n) is 1.82. The number of carbonyl (C=O) groups excluding carboxylic acids is 1. The van der Waals surface area contributed by atoms with Gasteiger partial charge in [0.25, 0.3) is 0 Å². The lowest BCUT2D eigenvalue weighted by atomic mass is 10.1. The van der Waals surface area contributed by atoms with Gasteiger partial charge in [-0.05, 0) is 0 Å². The van der Waals surface area contributed by atoms with Crippen molar-refractivity contribution >= 4 is 11.7 Å². The molecule has 5 nitrogen and oxygen atoms in total. The van der Waals surface area contributed by atoms with Gasteiger partial charge in [-0.2, -0.15) is 5.26 Å². The zero-order valence-electron chi connectivity index (χ0n) is 6.66. The van der Waals surface area contributed by atoms with Gasteiger partial charge in [0.05, 0.1) is 11.3 Å². The van der Waals surface area contributed by atoms with Crippen LogP contribution in [0.2, 0.25) is 0 Å². The van der Waals surface area contributed by atoms with E-state index >= 15 is 0 Å². The highest BCUT2D eigenvalue weighted by atomic mass is 16.2. The summed E-state index contributed by atoms with van der Waals surface area (Å²) in [7, 11) is 0. The van der Waals surface area contributed by atoms with Crippen LogP contribution in [0.15, 0.2) is 12.4 Å². The second kappa shape index (κ2) is 2.75. The third-order valence-corrected chi connectivity index (χ3v) is 1.82. The maximum Gasteiger partial charge on any atom is 0.319 e. The number of carbonyl (C=O) groups is 1. The fraction of sp³-hybridized carbons (Fsp3) is 0.125. The highest BCUT2D eigenvalue weighted by Gasteiger charge is 2.16. The highest BCUT2D eigenvalue weighted by Crippen LogP contribution is 2.21. The molecule has 5 heteroatoms. The van der Waals surface area contributed by atoms with Gasteiger partial charge < -0.3 is 10.6 Å². The van der Waals surface area contributed by atoms with Gasteiger partial charge in [0.1, 0.15) is 6.07 Å². The summed E-state index contributed by atoms with van der Waals surface area (Å²) in [6, 6.07) is 1.69. The summed E-state index contributed by atoms with van der Waals surface area (Å²) in [5.41, 5.74) is 1.80. The molecule has 2 rings (SSSR count). The van der Waals surface area contributed by atoms with Crippen molar-refractivity contribution in [2.24, 2.45) is 0 Å². The Balaban J connectivity index is 2.54. The number of nitrogens with one attached hydrogen (secondary N) is 2. The van der Waals surface area contributed by atoms with Gasteiger partial charge in [-0.3, -0.25) is 4.98 Å². The molecule has 0 unspecified atom stereocenters. The number of aromatic nitrogens is 1. The van der Waals surface area contributed by atoms with Crippen LogP contribution in [0.25, 0.3) is 0 Å². The smallest absolute Gasteiger partial charge is 0.319 e. The number of pyridine rings is 1. The zero-order valence-corrected chi connectivity index (χ0v) is 6.66. The van der Waals surface area contributed by atoms with E-state index in [1.807, 2.05) is 6.07 Å². The van der Waals surface area contributed by atoms with Gasteiger partial charge in [0.15, 0.2) is 0 Å². The van der Waals surface area contributed by atoms with Gasteiger partial charge >= 0.3 is 6.03 Å². The molecule has 13 heavy (non-hydrogen) atoms. The van der Waals surface area contributed by atoms with Crippen LogP contribution in [0.5, 0.6) is 0 Å². The van der Waals surface area contributed by atoms with Crippen LogP contribution in [-0.4, -0.2) is 11.0 Å². The Bertz CT molecular complexity index is 407. The predicted octanol–water partition coefficient (Wildman–Crippen LogP) is 0.588. The third kappa shape index (κ3) is 1.18. The first-order valence-corrected chi connectivity index (χ1v) is 3.73. The molecular weight excluding hydrogens is 168 g/mol. The molecule has 1 aliphatic heterocycles. The highest BCUT2D eigenvalue weighted by molar-refractivity contribution is 5.93. The molecule has 0 spiro atoms. The van der Waals surface area contributed by atoms with E-state index in [0.717, 1.165) is 5.56 Å². The molecule has 0 aromatic carbocycles. The summed E-state index contributed by atoms with van der Waals surface area (Å²) in [6.07, 6.45) is 3.06. The van der Waals surface area contributed by atoms with Gasteiger partial charge in [-0.1, -0.05) is 0 Å². The number of anilines is 1. The molecule has 0 radical (unpaired) electrons. The largest absolute Gasteiger partial charge is 0.334 e. The normalized spacial score (nSPS) is 13.6. The van der Waals surface area contributed by atoms with Crippen LogP contribution >= 0.6 is 0 Å². The summed E-state index contributed by atoms with van der Waals surface area (Å²) in [5, 5.41) is 13.9. The van der Waals surface area contributed by atoms with E-state index in [4.69, 9.17) is 5.26 Å². The average Bonchev–Trinajstić information content (AvgIpc) is 2.17. The van der Waals surface area contributed by atoms with Crippen LogP contribution < -0.4 is 10.6 Å². The van der Waals surface area contributed by atoms with Crippen LogP contribution in [0.1, 0.15) is 11.1 Å². The summed E-state index contributed by atoms with van der Waals surface area (Å²) in [4.78, 5) is 14.8. The Morgan fingerprint density at radius 3 is 3.15 bits per heavy atom. The van der Waals surface area contributed by atoms with Crippen LogP contribution in [0.3, 0.4) is 0 Å². The maximum atomic E-state index is 10.9. The number of nitriles is 1. The number of amides is 2. The minimum absolute atomic E-state index is 0.282. The van der Waals surface area contributed by atoms with E-state index in [1.165, 1.54) is 6.20 Å². The summed E-state index contributed by atoms with van der Waals surface area (Å²) in [5.74, 6) is 0. The van der Waals surface area contributed by atoms with Crippen molar-refractivity contribution in [3.05, 3.63) is 23.5 Å². The first kappa shape index (κ1) is 7.55. The lowest BCUT2D eigenvalue weighted by molar-refractivity contribution is 0.251. The first-order valence-electron chi connectivity index (χ1n) is 3.73. The monoisotopic (exact) mass is 174 g/mol. The predicted molar refractivity (Wildman–Crippen MR) is 44.8 cm³/mol. The molecule has 1 aromatic rings. The molecule has 0 atom stereocenters. The second-order valence-corrected chi connectivity index (χ2v) is 2.64. The number of hydrogen-bond donors (Lipinski definition) is 2. The Morgan fingerprint density at radius 1 is 1.54 bits per heavy atom. The molecule has 1 aromatic heterocycles. The first-order chi connectivity index (χ1) is 6.31. The second-order valence-electron chi connectivity index (χ2n) is 2.64. The molecule has 0 saturated carbocycles. The Kier molecular flexibility index (Phi) is 1.60. The Morgan fingerprint density at radius 2 is 2.38 bits per heavy atom. The quantitative estimate of drug-likeness (QED) is 0.604. The van der Waals surface area contributed by atoms with E-state index < -0.39 is 0 Å². The molecule has 64 valence electrons. The van der Waals surface area contributed by atoms with E-state index in [1.54, 1.807) is 6.20 Å². The number of nitrogens with zero attached hydrogens (tertiary/aromatic N) is 2. The number of hydrogen-bond acceptors (Lipinski definition) is 3. The fourth-order valence-electron chi connectivity index (χ4n) is 1.20. The van der Waals surface area contributed by atoms with Crippen molar-refractivity contribution in [3.8, 4) is 6.07 Å². The van der Waals surface area contributed by atoms with E-state index in [9.17, 15) is 4.79 Å². The number of urea groups is 1. The van der Waals surface area contributed by atoms with Crippen molar-refractivity contribution in [2.45, 2.75) is 6.54 Å². The molecule has 0 aliphatic carbocycles. The SMILES string of the molecule is N#Cc1cncc2c1NC(=O)NC2.